The van der Waals surface area contributed by atoms with E-state index in [-0.39, 0.29) is 18.9 Å². The number of carbonyl (C=O) groups is 2. The van der Waals surface area contributed by atoms with Crippen LogP contribution in [-0.2, 0) is 9.59 Å². The summed E-state index contributed by atoms with van der Waals surface area (Å²) in [6.45, 7) is 2.10. The molecule has 132 valence electrons. The van der Waals surface area contributed by atoms with E-state index in [0.717, 1.165) is 37.0 Å². The first-order valence-corrected chi connectivity index (χ1v) is 8.43. The minimum atomic E-state index is -4.41. The fraction of sp³-hybridized carbons (Fsp3) is 0.875. The lowest BCUT2D eigenvalue weighted by atomic mass is 9.96. The SMILES string of the molecule is CCC[C@@H]1CCCN(C(=O)[C@H]2CC(=O)N(CC(F)(F)F)C2)CC1. The highest BCUT2D eigenvalue weighted by Gasteiger charge is 2.41. The molecule has 0 saturated carbocycles. The number of likely N-dealkylation sites (tertiary alicyclic amines) is 2. The summed E-state index contributed by atoms with van der Waals surface area (Å²) in [7, 11) is 0. The van der Waals surface area contributed by atoms with E-state index in [1.165, 1.54) is 0 Å². The van der Waals surface area contributed by atoms with Gasteiger partial charge < -0.3 is 9.80 Å². The Bertz CT molecular complexity index is 440. The Labute approximate surface area is 135 Å². The summed E-state index contributed by atoms with van der Waals surface area (Å²) in [6, 6.07) is 0. The van der Waals surface area contributed by atoms with E-state index < -0.39 is 24.5 Å². The first-order valence-electron chi connectivity index (χ1n) is 8.43. The lowest BCUT2D eigenvalue weighted by Gasteiger charge is -2.24. The molecular formula is C16H25F3N2O2. The van der Waals surface area contributed by atoms with E-state index in [9.17, 15) is 22.8 Å². The average molecular weight is 334 g/mol. The van der Waals surface area contributed by atoms with Crippen LogP contribution >= 0.6 is 0 Å². The molecule has 0 unspecified atom stereocenters. The highest BCUT2D eigenvalue weighted by Crippen LogP contribution is 2.27. The molecule has 0 aromatic heterocycles. The van der Waals surface area contributed by atoms with Gasteiger partial charge in [0, 0.05) is 26.1 Å². The smallest absolute Gasteiger partial charge is 0.342 e. The lowest BCUT2D eigenvalue weighted by Crippen LogP contribution is -2.39. The fourth-order valence-corrected chi connectivity index (χ4v) is 3.65. The highest BCUT2D eigenvalue weighted by molar-refractivity contribution is 5.89. The number of rotatable bonds is 4. The van der Waals surface area contributed by atoms with Crippen LogP contribution in [0.4, 0.5) is 13.2 Å². The summed E-state index contributed by atoms with van der Waals surface area (Å²) >= 11 is 0. The Kier molecular flexibility index (Phi) is 5.92. The molecule has 0 aliphatic carbocycles. The van der Waals surface area contributed by atoms with Crippen molar-refractivity contribution in [2.45, 2.75) is 51.6 Å². The van der Waals surface area contributed by atoms with Gasteiger partial charge in [-0.25, -0.2) is 0 Å². The van der Waals surface area contributed by atoms with Gasteiger partial charge in [-0.3, -0.25) is 9.59 Å². The molecular weight excluding hydrogens is 309 g/mol. The van der Waals surface area contributed by atoms with Crippen LogP contribution in [0.15, 0.2) is 0 Å². The summed E-state index contributed by atoms with van der Waals surface area (Å²) < 4.78 is 37.3. The van der Waals surface area contributed by atoms with Crippen LogP contribution in [0.25, 0.3) is 0 Å². The molecule has 0 aromatic rings. The zero-order valence-corrected chi connectivity index (χ0v) is 13.6. The molecule has 4 nitrogen and oxygen atoms in total. The maximum Gasteiger partial charge on any atom is 0.406 e. The van der Waals surface area contributed by atoms with Gasteiger partial charge in [-0.2, -0.15) is 13.2 Å². The number of alkyl halides is 3. The number of nitrogens with zero attached hydrogens (tertiary/aromatic N) is 2. The molecule has 0 N–H and O–H groups in total. The largest absolute Gasteiger partial charge is 0.406 e. The van der Waals surface area contributed by atoms with Crippen LogP contribution in [0, 0.1) is 11.8 Å². The van der Waals surface area contributed by atoms with Gasteiger partial charge in [0.25, 0.3) is 0 Å². The van der Waals surface area contributed by atoms with Crippen molar-refractivity contribution < 1.29 is 22.8 Å². The van der Waals surface area contributed by atoms with Gasteiger partial charge in [-0.1, -0.05) is 19.8 Å². The quantitative estimate of drug-likeness (QED) is 0.793. The van der Waals surface area contributed by atoms with Gasteiger partial charge in [0.15, 0.2) is 0 Å². The molecule has 2 saturated heterocycles. The number of amides is 2. The van der Waals surface area contributed by atoms with Crippen molar-refractivity contribution in [3.63, 3.8) is 0 Å². The summed E-state index contributed by atoms with van der Waals surface area (Å²) in [4.78, 5) is 26.8. The van der Waals surface area contributed by atoms with Crippen molar-refractivity contribution in [1.29, 1.82) is 0 Å². The number of carbonyl (C=O) groups excluding carboxylic acids is 2. The van der Waals surface area contributed by atoms with E-state index in [1.54, 1.807) is 4.90 Å². The molecule has 7 heteroatoms. The third kappa shape index (κ3) is 5.11. The third-order valence-corrected chi connectivity index (χ3v) is 4.79. The zero-order valence-electron chi connectivity index (χ0n) is 13.6. The third-order valence-electron chi connectivity index (χ3n) is 4.79. The molecule has 0 bridgehead atoms. The van der Waals surface area contributed by atoms with Gasteiger partial charge in [-0.15, -0.1) is 0 Å². The van der Waals surface area contributed by atoms with E-state index in [0.29, 0.717) is 19.0 Å². The maximum absolute atomic E-state index is 12.5. The minimum Gasteiger partial charge on any atom is -0.342 e. The van der Waals surface area contributed by atoms with Crippen LogP contribution in [-0.4, -0.2) is 54.0 Å². The van der Waals surface area contributed by atoms with Gasteiger partial charge in [0.2, 0.25) is 11.8 Å². The van der Waals surface area contributed by atoms with E-state index in [2.05, 4.69) is 6.92 Å². The van der Waals surface area contributed by atoms with Crippen LogP contribution in [0.2, 0.25) is 0 Å². The summed E-state index contributed by atoms with van der Waals surface area (Å²) in [5.41, 5.74) is 0. The van der Waals surface area contributed by atoms with Crippen molar-refractivity contribution >= 4 is 11.8 Å². The van der Waals surface area contributed by atoms with Gasteiger partial charge in [-0.05, 0) is 25.2 Å². The molecule has 0 radical (unpaired) electrons. The molecule has 2 atom stereocenters. The van der Waals surface area contributed by atoms with Crippen molar-refractivity contribution in [1.82, 2.24) is 9.80 Å². The molecule has 23 heavy (non-hydrogen) atoms. The molecule has 2 fully saturated rings. The van der Waals surface area contributed by atoms with Crippen LogP contribution in [0.3, 0.4) is 0 Å². The topological polar surface area (TPSA) is 40.6 Å². The number of hydrogen-bond donors (Lipinski definition) is 0. The highest BCUT2D eigenvalue weighted by atomic mass is 19.4. The zero-order chi connectivity index (χ0) is 17.0. The van der Waals surface area contributed by atoms with E-state index in [1.807, 2.05) is 0 Å². The Morgan fingerprint density at radius 3 is 2.65 bits per heavy atom. The van der Waals surface area contributed by atoms with Gasteiger partial charge in [0.05, 0.1) is 5.92 Å². The van der Waals surface area contributed by atoms with Crippen molar-refractivity contribution in [3.05, 3.63) is 0 Å². The second kappa shape index (κ2) is 7.53. The summed E-state index contributed by atoms with van der Waals surface area (Å²) in [5, 5.41) is 0. The monoisotopic (exact) mass is 334 g/mol. The maximum atomic E-state index is 12.5. The number of hydrogen-bond acceptors (Lipinski definition) is 2. The first kappa shape index (κ1) is 18.1. The van der Waals surface area contributed by atoms with Gasteiger partial charge in [0.1, 0.15) is 6.54 Å². The molecule has 2 heterocycles. The molecule has 2 aliphatic rings. The molecule has 0 spiro atoms. The van der Waals surface area contributed by atoms with Crippen LogP contribution in [0.5, 0.6) is 0 Å². The van der Waals surface area contributed by atoms with Crippen molar-refractivity contribution in [3.8, 4) is 0 Å². The minimum absolute atomic E-state index is 0.0935. The molecule has 0 aromatic carbocycles. The Balaban J connectivity index is 1.89. The van der Waals surface area contributed by atoms with E-state index >= 15 is 0 Å². The Morgan fingerprint density at radius 2 is 2.00 bits per heavy atom. The number of halogens is 3. The van der Waals surface area contributed by atoms with Crippen molar-refractivity contribution in [2.24, 2.45) is 11.8 Å². The Morgan fingerprint density at radius 1 is 1.26 bits per heavy atom. The normalized spacial score (nSPS) is 26.5. The van der Waals surface area contributed by atoms with Crippen LogP contribution < -0.4 is 0 Å². The van der Waals surface area contributed by atoms with E-state index in [4.69, 9.17) is 0 Å². The second-order valence-corrected chi connectivity index (χ2v) is 6.70. The Hall–Kier alpha value is -1.27. The molecule has 2 amide bonds. The summed E-state index contributed by atoms with van der Waals surface area (Å²) in [5.74, 6) is -0.711. The van der Waals surface area contributed by atoms with Crippen molar-refractivity contribution in [2.75, 3.05) is 26.2 Å². The second-order valence-electron chi connectivity index (χ2n) is 6.70. The average Bonchev–Trinajstić information content (AvgIpc) is 2.68. The predicted octanol–water partition coefficient (Wildman–Crippen LogP) is 2.83. The first-order chi connectivity index (χ1) is 10.8. The fourth-order valence-electron chi connectivity index (χ4n) is 3.65. The van der Waals surface area contributed by atoms with Crippen LogP contribution in [0.1, 0.15) is 45.4 Å². The summed E-state index contributed by atoms with van der Waals surface area (Å²) in [6.07, 6.45) is 0.760. The standard InChI is InChI=1S/C16H25F3N2O2/c1-2-4-12-5-3-7-20(8-6-12)15(23)13-9-14(22)21(10-13)11-16(17,18)19/h12-13H,2-11H2,1H3/t12-,13+/m1/s1. The molecule has 2 aliphatic heterocycles. The predicted molar refractivity (Wildman–Crippen MR) is 79.6 cm³/mol. The molecule has 2 rings (SSSR count). The van der Waals surface area contributed by atoms with Gasteiger partial charge >= 0.3 is 6.18 Å². The lowest BCUT2D eigenvalue weighted by molar-refractivity contribution is -0.157.